The highest BCUT2D eigenvalue weighted by Gasteiger charge is 1.93. The lowest BCUT2D eigenvalue weighted by Gasteiger charge is -2.07. The molecule has 0 saturated carbocycles. The average Bonchev–Trinajstić information content (AvgIpc) is 1.84. The van der Waals surface area contributed by atoms with Gasteiger partial charge in [-0.3, -0.25) is 5.41 Å². The van der Waals surface area contributed by atoms with Crippen LogP contribution in [0.15, 0.2) is 11.8 Å². The number of allylic oxidation sites excluding steroid dienone is 1. The van der Waals surface area contributed by atoms with Crippen LogP contribution in [-0.2, 0) is 0 Å². The molecule has 0 aromatic heterocycles. The molecule has 70 valence electrons. The highest BCUT2D eigenvalue weighted by molar-refractivity contribution is 5.88. The lowest BCUT2D eigenvalue weighted by molar-refractivity contribution is 0.563. The maximum absolute atomic E-state index is 7.01. The maximum Gasteiger partial charge on any atom is 0.117 e. The summed E-state index contributed by atoms with van der Waals surface area (Å²) in [5.41, 5.74) is 6.15. The van der Waals surface area contributed by atoms with E-state index in [4.69, 9.17) is 11.1 Å². The lowest BCUT2D eigenvalue weighted by atomic mass is 10.1. The topological polar surface area (TPSA) is 61.9 Å². The van der Waals surface area contributed by atoms with Gasteiger partial charge in [-0.2, -0.15) is 0 Å². The predicted octanol–water partition coefficient (Wildman–Crippen LogP) is 1.46. The van der Waals surface area contributed by atoms with Gasteiger partial charge in [0.15, 0.2) is 0 Å². The summed E-state index contributed by atoms with van der Waals surface area (Å²) < 4.78 is 0. The van der Waals surface area contributed by atoms with Crippen LogP contribution in [-0.4, -0.2) is 12.4 Å². The van der Waals surface area contributed by atoms with Crippen molar-refractivity contribution < 1.29 is 0 Å². The SMILES string of the molecule is C/C(=C/C(=N)N)NCCC(C)C. The van der Waals surface area contributed by atoms with E-state index in [0.29, 0.717) is 5.92 Å². The molecule has 0 aromatic rings. The van der Waals surface area contributed by atoms with E-state index in [1.807, 2.05) is 6.92 Å². The molecule has 0 amide bonds. The summed E-state index contributed by atoms with van der Waals surface area (Å²) in [5.74, 6) is 0.812. The Balaban J connectivity index is 3.57. The Morgan fingerprint density at radius 2 is 2.17 bits per heavy atom. The Kier molecular flexibility index (Phi) is 5.17. The smallest absolute Gasteiger partial charge is 0.117 e. The van der Waals surface area contributed by atoms with Gasteiger partial charge in [0.05, 0.1) is 0 Å². The fraction of sp³-hybridized carbons (Fsp3) is 0.667. The van der Waals surface area contributed by atoms with Crippen LogP contribution in [0, 0.1) is 11.3 Å². The molecular formula is C9H19N3. The summed E-state index contributed by atoms with van der Waals surface area (Å²) in [6.45, 7) is 7.24. The lowest BCUT2D eigenvalue weighted by Crippen LogP contribution is -2.17. The predicted molar refractivity (Wildman–Crippen MR) is 53.1 cm³/mol. The van der Waals surface area contributed by atoms with Crippen LogP contribution in [0.5, 0.6) is 0 Å². The van der Waals surface area contributed by atoms with Crippen molar-refractivity contribution in [3.8, 4) is 0 Å². The maximum atomic E-state index is 7.01. The minimum Gasteiger partial charge on any atom is -0.388 e. The number of amidine groups is 1. The third kappa shape index (κ3) is 7.12. The summed E-state index contributed by atoms with van der Waals surface area (Å²) >= 11 is 0. The summed E-state index contributed by atoms with van der Waals surface area (Å²) in [7, 11) is 0. The van der Waals surface area contributed by atoms with Gasteiger partial charge in [0.1, 0.15) is 5.84 Å². The molecule has 3 heteroatoms. The first-order chi connectivity index (χ1) is 5.52. The number of hydrogen-bond donors (Lipinski definition) is 3. The third-order valence-corrected chi connectivity index (χ3v) is 1.50. The van der Waals surface area contributed by atoms with Crippen molar-refractivity contribution in [2.75, 3.05) is 6.54 Å². The molecule has 0 aliphatic carbocycles. The van der Waals surface area contributed by atoms with Gasteiger partial charge in [-0.05, 0) is 25.3 Å². The van der Waals surface area contributed by atoms with Crippen LogP contribution in [0.25, 0.3) is 0 Å². The summed E-state index contributed by atoms with van der Waals surface area (Å²) in [6, 6.07) is 0. The summed E-state index contributed by atoms with van der Waals surface area (Å²) in [6.07, 6.45) is 2.77. The van der Waals surface area contributed by atoms with Gasteiger partial charge in [-0.15, -0.1) is 0 Å². The molecule has 0 saturated heterocycles. The van der Waals surface area contributed by atoms with Crippen LogP contribution in [0.3, 0.4) is 0 Å². The van der Waals surface area contributed by atoms with Crippen LogP contribution in [0.2, 0.25) is 0 Å². The Bertz CT molecular complexity index is 171. The molecule has 0 aliphatic rings. The monoisotopic (exact) mass is 169 g/mol. The van der Waals surface area contributed by atoms with Crippen molar-refractivity contribution in [3.63, 3.8) is 0 Å². The average molecular weight is 169 g/mol. The fourth-order valence-corrected chi connectivity index (χ4v) is 0.842. The standard InChI is InChI=1S/C9H19N3/c1-7(2)4-5-12-8(3)6-9(10)11/h6-7,12H,4-5H2,1-3H3,(H3,10,11)/b8-6-. The molecule has 0 radical (unpaired) electrons. The first-order valence-corrected chi connectivity index (χ1v) is 4.28. The molecular weight excluding hydrogens is 150 g/mol. The number of nitrogens with two attached hydrogens (primary N) is 1. The Hall–Kier alpha value is -0.990. The highest BCUT2D eigenvalue weighted by Crippen LogP contribution is 1.97. The molecule has 3 nitrogen and oxygen atoms in total. The van der Waals surface area contributed by atoms with E-state index in [2.05, 4.69) is 19.2 Å². The van der Waals surface area contributed by atoms with Gasteiger partial charge >= 0.3 is 0 Å². The van der Waals surface area contributed by atoms with Crippen LogP contribution in [0.4, 0.5) is 0 Å². The molecule has 0 aromatic carbocycles. The summed E-state index contributed by atoms with van der Waals surface area (Å²) in [4.78, 5) is 0. The van der Waals surface area contributed by atoms with Gasteiger partial charge in [-0.25, -0.2) is 0 Å². The van der Waals surface area contributed by atoms with Crippen molar-refractivity contribution in [2.24, 2.45) is 11.7 Å². The zero-order valence-corrected chi connectivity index (χ0v) is 8.15. The van der Waals surface area contributed by atoms with E-state index in [-0.39, 0.29) is 5.84 Å². The van der Waals surface area contributed by atoms with Gasteiger partial charge in [0, 0.05) is 12.2 Å². The van der Waals surface area contributed by atoms with E-state index in [9.17, 15) is 0 Å². The molecule has 0 atom stereocenters. The Morgan fingerprint density at radius 1 is 1.58 bits per heavy atom. The second kappa shape index (κ2) is 5.63. The summed E-state index contributed by atoms with van der Waals surface area (Å²) in [5, 5.41) is 10.2. The van der Waals surface area contributed by atoms with Gasteiger partial charge in [-0.1, -0.05) is 13.8 Å². The molecule has 0 fully saturated rings. The molecule has 4 N–H and O–H groups in total. The number of nitrogens with one attached hydrogen (secondary N) is 2. The molecule has 0 rings (SSSR count). The minimum atomic E-state index is 0.101. The number of hydrogen-bond acceptors (Lipinski definition) is 2. The van der Waals surface area contributed by atoms with Crippen LogP contribution >= 0.6 is 0 Å². The van der Waals surface area contributed by atoms with Crippen molar-refractivity contribution in [3.05, 3.63) is 11.8 Å². The van der Waals surface area contributed by atoms with E-state index in [1.165, 1.54) is 0 Å². The minimum absolute atomic E-state index is 0.101. The second-order valence-corrected chi connectivity index (χ2v) is 3.39. The quantitative estimate of drug-likeness (QED) is 0.431. The van der Waals surface area contributed by atoms with Crippen LogP contribution < -0.4 is 11.1 Å². The first kappa shape index (κ1) is 11.0. The van der Waals surface area contributed by atoms with Crippen LogP contribution in [0.1, 0.15) is 27.2 Å². The zero-order valence-electron chi connectivity index (χ0n) is 8.15. The highest BCUT2D eigenvalue weighted by atomic mass is 14.9. The Labute approximate surface area is 74.5 Å². The van der Waals surface area contributed by atoms with E-state index >= 15 is 0 Å². The first-order valence-electron chi connectivity index (χ1n) is 4.28. The van der Waals surface area contributed by atoms with Gasteiger partial charge in [0.2, 0.25) is 0 Å². The molecule has 0 bridgehead atoms. The largest absolute Gasteiger partial charge is 0.388 e. The fourth-order valence-electron chi connectivity index (χ4n) is 0.842. The molecule has 0 spiro atoms. The van der Waals surface area contributed by atoms with Crippen molar-refractivity contribution >= 4 is 5.84 Å². The van der Waals surface area contributed by atoms with E-state index in [0.717, 1.165) is 18.7 Å². The number of rotatable bonds is 5. The zero-order chi connectivity index (χ0) is 9.56. The third-order valence-electron chi connectivity index (χ3n) is 1.50. The molecule has 12 heavy (non-hydrogen) atoms. The van der Waals surface area contributed by atoms with E-state index in [1.54, 1.807) is 6.08 Å². The Morgan fingerprint density at radius 3 is 2.58 bits per heavy atom. The molecule has 0 heterocycles. The van der Waals surface area contributed by atoms with Crippen molar-refractivity contribution in [2.45, 2.75) is 27.2 Å². The van der Waals surface area contributed by atoms with Crippen molar-refractivity contribution in [1.82, 2.24) is 5.32 Å². The second-order valence-electron chi connectivity index (χ2n) is 3.39. The molecule has 0 unspecified atom stereocenters. The van der Waals surface area contributed by atoms with E-state index < -0.39 is 0 Å². The molecule has 0 aliphatic heterocycles. The van der Waals surface area contributed by atoms with Gasteiger partial charge in [0.25, 0.3) is 0 Å². The van der Waals surface area contributed by atoms with Gasteiger partial charge < -0.3 is 11.1 Å². The normalized spacial score (nSPS) is 11.8. The van der Waals surface area contributed by atoms with Crippen molar-refractivity contribution in [1.29, 1.82) is 5.41 Å².